The molecule has 1 aliphatic heterocycles. The summed E-state index contributed by atoms with van der Waals surface area (Å²) in [5.41, 5.74) is 0. The third-order valence-corrected chi connectivity index (χ3v) is 6.13. The number of ether oxygens (including phenoxy) is 1. The van der Waals surface area contributed by atoms with Crippen LogP contribution in [-0.4, -0.2) is 58.5 Å². The SMILES string of the molecule is CC.CC(=O)NC(C(=O)N1CCC(c2ncc[nH]2)CC1)C(C)OCC1CCCCC1. The Labute approximate surface area is 181 Å². The van der Waals surface area contributed by atoms with E-state index in [1.165, 1.54) is 39.0 Å². The van der Waals surface area contributed by atoms with E-state index in [9.17, 15) is 9.59 Å². The van der Waals surface area contributed by atoms with E-state index in [1.54, 1.807) is 6.20 Å². The second kappa shape index (κ2) is 12.7. The molecule has 2 unspecified atom stereocenters. The molecule has 0 aromatic carbocycles. The summed E-state index contributed by atoms with van der Waals surface area (Å²) < 4.78 is 6.06. The fraction of sp³-hybridized carbons (Fsp3) is 0.783. The van der Waals surface area contributed by atoms with Gasteiger partial charge in [-0.25, -0.2) is 4.98 Å². The third-order valence-electron chi connectivity index (χ3n) is 6.13. The number of H-pyrrole nitrogens is 1. The van der Waals surface area contributed by atoms with Gasteiger partial charge in [0.1, 0.15) is 11.9 Å². The molecular formula is C23H40N4O3. The molecule has 1 aliphatic carbocycles. The van der Waals surface area contributed by atoms with Gasteiger partial charge in [-0.1, -0.05) is 33.1 Å². The first-order valence-corrected chi connectivity index (χ1v) is 11.7. The molecule has 2 amide bonds. The van der Waals surface area contributed by atoms with Crippen molar-refractivity contribution in [3.8, 4) is 0 Å². The summed E-state index contributed by atoms with van der Waals surface area (Å²) >= 11 is 0. The van der Waals surface area contributed by atoms with Crippen molar-refractivity contribution in [2.45, 2.75) is 90.7 Å². The normalized spacial score (nSPS) is 20.1. The number of nitrogens with one attached hydrogen (secondary N) is 2. The Kier molecular flexibility index (Phi) is 10.3. The first kappa shape index (κ1) is 24.4. The van der Waals surface area contributed by atoms with E-state index in [-0.39, 0.29) is 17.9 Å². The summed E-state index contributed by atoms with van der Waals surface area (Å²) in [5.74, 6) is 1.70. The Hall–Kier alpha value is -1.89. The molecule has 2 aliphatic rings. The van der Waals surface area contributed by atoms with Crippen LogP contribution in [0.4, 0.5) is 0 Å². The number of imidazole rings is 1. The minimum atomic E-state index is -0.624. The number of piperidine rings is 1. The van der Waals surface area contributed by atoms with Crippen molar-refractivity contribution in [3.05, 3.63) is 18.2 Å². The monoisotopic (exact) mass is 420 g/mol. The molecule has 2 fully saturated rings. The van der Waals surface area contributed by atoms with E-state index in [0.717, 1.165) is 18.7 Å². The van der Waals surface area contributed by atoms with Crippen molar-refractivity contribution >= 4 is 11.8 Å². The zero-order valence-electron chi connectivity index (χ0n) is 19.2. The van der Waals surface area contributed by atoms with Gasteiger partial charge in [-0.05, 0) is 38.5 Å². The molecule has 0 bridgehead atoms. The van der Waals surface area contributed by atoms with Gasteiger partial charge in [0, 0.05) is 44.9 Å². The molecule has 1 aromatic rings. The maximum Gasteiger partial charge on any atom is 0.247 e. The number of hydrogen-bond donors (Lipinski definition) is 2. The van der Waals surface area contributed by atoms with Crippen LogP contribution < -0.4 is 5.32 Å². The molecular weight excluding hydrogens is 380 g/mol. The lowest BCUT2D eigenvalue weighted by molar-refractivity contribution is -0.141. The summed E-state index contributed by atoms with van der Waals surface area (Å²) in [4.78, 5) is 34.2. The largest absolute Gasteiger partial charge is 0.376 e. The predicted octanol–water partition coefficient (Wildman–Crippen LogP) is 3.63. The fourth-order valence-corrected chi connectivity index (χ4v) is 4.41. The van der Waals surface area contributed by atoms with Crippen molar-refractivity contribution in [1.29, 1.82) is 0 Å². The molecule has 2 N–H and O–H groups in total. The number of aromatic amines is 1. The molecule has 1 saturated heterocycles. The van der Waals surface area contributed by atoms with Gasteiger partial charge in [-0.3, -0.25) is 9.59 Å². The van der Waals surface area contributed by atoms with E-state index in [2.05, 4.69) is 15.3 Å². The lowest BCUT2D eigenvalue weighted by atomic mass is 9.90. The van der Waals surface area contributed by atoms with Crippen molar-refractivity contribution < 1.29 is 14.3 Å². The molecule has 1 saturated carbocycles. The van der Waals surface area contributed by atoms with Crippen molar-refractivity contribution in [3.63, 3.8) is 0 Å². The first-order chi connectivity index (χ1) is 14.5. The Bertz CT molecular complexity index is 620. The summed E-state index contributed by atoms with van der Waals surface area (Å²) in [6.45, 7) is 9.38. The van der Waals surface area contributed by atoms with Gasteiger partial charge in [0.15, 0.2) is 0 Å². The van der Waals surface area contributed by atoms with Crippen LogP contribution in [0, 0.1) is 5.92 Å². The highest BCUT2D eigenvalue weighted by molar-refractivity contribution is 5.87. The highest BCUT2D eigenvalue weighted by atomic mass is 16.5. The van der Waals surface area contributed by atoms with Crippen LogP contribution in [0.5, 0.6) is 0 Å². The number of hydrogen-bond acceptors (Lipinski definition) is 4. The van der Waals surface area contributed by atoms with Crippen LogP contribution in [-0.2, 0) is 14.3 Å². The Morgan fingerprint density at radius 3 is 2.43 bits per heavy atom. The smallest absolute Gasteiger partial charge is 0.247 e. The lowest BCUT2D eigenvalue weighted by Crippen LogP contribution is -2.55. The Balaban J connectivity index is 0.00000155. The zero-order valence-corrected chi connectivity index (χ0v) is 19.2. The second-order valence-corrected chi connectivity index (χ2v) is 8.29. The van der Waals surface area contributed by atoms with Crippen LogP contribution >= 0.6 is 0 Å². The van der Waals surface area contributed by atoms with Gasteiger partial charge in [0.05, 0.1) is 6.10 Å². The number of nitrogens with zero attached hydrogens (tertiary/aromatic N) is 2. The van der Waals surface area contributed by atoms with Crippen LogP contribution in [0.25, 0.3) is 0 Å². The minimum absolute atomic E-state index is 0.0377. The van der Waals surface area contributed by atoms with Gasteiger partial charge in [-0.15, -0.1) is 0 Å². The van der Waals surface area contributed by atoms with Crippen molar-refractivity contribution in [1.82, 2.24) is 20.2 Å². The predicted molar refractivity (Wildman–Crippen MR) is 118 cm³/mol. The molecule has 3 rings (SSSR count). The maximum absolute atomic E-state index is 13.1. The first-order valence-electron chi connectivity index (χ1n) is 11.7. The molecule has 2 atom stereocenters. The summed E-state index contributed by atoms with van der Waals surface area (Å²) in [6.07, 6.45) is 11.3. The van der Waals surface area contributed by atoms with E-state index in [4.69, 9.17) is 4.74 Å². The zero-order chi connectivity index (χ0) is 21.9. The lowest BCUT2D eigenvalue weighted by Gasteiger charge is -2.35. The molecule has 0 radical (unpaired) electrons. The quantitative estimate of drug-likeness (QED) is 0.705. The number of rotatable bonds is 7. The molecule has 1 aromatic heterocycles. The van der Waals surface area contributed by atoms with E-state index < -0.39 is 6.04 Å². The fourth-order valence-electron chi connectivity index (χ4n) is 4.41. The average Bonchev–Trinajstić information content (AvgIpc) is 3.32. The highest BCUT2D eigenvalue weighted by Gasteiger charge is 2.34. The number of aromatic nitrogens is 2. The number of amides is 2. The average molecular weight is 421 g/mol. The van der Waals surface area contributed by atoms with Gasteiger partial charge >= 0.3 is 0 Å². The number of carbonyl (C=O) groups excluding carboxylic acids is 2. The third kappa shape index (κ3) is 7.11. The van der Waals surface area contributed by atoms with E-state index >= 15 is 0 Å². The molecule has 7 heteroatoms. The molecule has 30 heavy (non-hydrogen) atoms. The Morgan fingerprint density at radius 2 is 1.87 bits per heavy atom. The van der Waals surface area contributed by atoms with Gasteiger partial charge in [0.25, 0.3) is 0 Å². The second-order valence-electron chi connectivity index (χ2n) is 8.29. The van der Waals surface area contributed by atoms with Crippen molar-refractivity contribution in [2.75, 3.05) is 19.7 Å². The minimum Gasteiger partial charge on any atom is -0.376 e. The Morgan fingerprint density at radius 1 is 1.20 bits per heavy atom. The van der Waals surface area contributed by atoms with Crippen LogP contribution in [0.15, 0.2) is 12.4 Å². The molecule has 170 valence electrons. The number of carbonyl (C=O) groups is 2. The van der Waals surface area contributed by atoms with Crippen molar-refractivity contribution in [2.24, 2.45) is 5.92 Å². The number of likely N-dealkylation sites (tertiary alicyclic amines) is 1. The van der Waals surface area contributed by atoms with Gasteiger partial charge in [0.2, 0.25) is 11.8 Å². The van der Waals surface area contributed by atoms with E-state index in [1.807, 2.05) is 31.9 Å². The molecule has 7 nitrogen and oxygen atoms in total. The van der Waals surface area contributed by atoms with Crippen LogP contribution in [0.2, 0.25) is 0 Å². The maximum atomic E-state index is 13.1. The van der Waals surface area contributed by atoms with Gasteiger partial charge < -0.3 is 19.9 Å². The molecule has 2 heterocycles. The summed E-state index contributed by atoms with van der Waals surface area (Å²) in [6, 6.07) is -0.624. The molecule has 0 spiro atoms. The van der Waals surface area contributed by atoms with Crippen LogP contribution in [0.1, 0.15) is 84.4 Å². The summed E-state index contributed by atoms with van der Waals surface area (Å²) in [7, 11) is 0. The standard InChI is InChI=1S/C21H34N4O3.C2H6/c1-15(28-14-17-6-4-3-5-7-17)19(24-16(2)26)21(27)25-12-8-18(9-13-25)20-22-10-11-23-20;1-2/h10-11,15,17-19H,3-9,12-14H2,1-2H3,(H,22,23)(H,24,26);1-2H3. The highest BCUT2D eigenvalue weighted by Crippen LogP contribution is 2.27. The topological polar surface area (TPSA) is 87.3 Å². The van der Waals surface area contributed by atoms with Crippen LogP contribution in [0.3, 0.4) is 0 Å². The van der Waals surface area contributed by atoms with Gasteiger partial charge in [-0.2, -0.15) is 0 Å². The summed E-state index contributed by atoms with van der Waals surface area (Å²) in [5, 5.41) is 2.83. The van der Waals surface area contributed by atoms with E-state index in [0.29, 0.717) is 31.5 Å².